The van der Waals surface area contributed by atoms with Crippen molar-refractivity contribution in [2.45, 2.75) is 59.3 Å². The third-order valence-electron chi connectivity index (χ3n) is 3.41. The van der Waals surface area contributed by atoms with E-state index in [0.29, 0.717) is 18.2 Å². The number of hydrogen-bond donors (Lipinski definition) is 1. The Morgan fingerprint density at radius 3 is 2.29 bits per heavy atom. The van der Waals surface area contributed by atoms with Crippen LogP contribution >= 0.6 is 0 Å². The first-order valence-electron chi connectivity index (χ1n) is 7.09. The molecule has 1 heterocycles. The van der Waals surface area contributed by atoms with Gasteiger partial charge in [-0.2, -0.15) is 0 Å². The molecule has 0 saturated carbocycles. The van der Waals surface area contributed by atoms with Crippen LogP contribution in [0.25, 0.3) is 0 Å². The van der Waals surface area contributed by atoms with E-state index in [9.17, 15) is 0 Å². The summed E-state index contributed by atoms with van der Waals surface area (Å²) in [6, 6.07) is 0.607. The molecule has 3 heteroatoms. The van der Waals surface area contributed by atoms with Crippen molar-refractivity contribution < 1.29 is 4.74 Å². The predicted molar refractivity (Wildman–Crippen MR) is 73.4 cm³/mol. The number of nitrogens with zero attached hydrogens (tertiary/aromatic N) is 1. The molecule has 0 radical (unpaired) electrons. The second-order valence-electron chi connectivity index (χ2n) is 5.95. The Balaban J connectivity index is 2.20. The van der Waals surface area contributed by atoms with Crippen LogP contribution < -0.4 is 5.32 Å². The SMILES string of the molecule is CC(C)CCNCC(C)N1CC(C)OC(C)C1. The van der Waals surface area contributed by atoms with Crippen LogP contribution in [0.5, 0.6) is 0 Å². The smallest absolute Gasteiger partial charge is 0.0678 e. The van der Waals surface area contributed by atoms with E-state index in [2.05, 4.69) is 44.8 Å². The summed E-state index contributed by atoms with van der Waals surface area (Å²) in [5, 5.41) is 3.56. The van der Waals surface area contributed by atoms with Crippen molar-refractivity contribution in [1.29, 1.82) is 0 Å². The van der Waals surface area contributed by atoms with Gasteiger partial charge >= 0.3 is 0 Å². The van der Waals surface area contributed by atoms with Crippen LogP contribution in [0, 0.1) is 5.92 Å². The summed E-state index contributed by atoms with van der Waals surface area (Å²) in [6.45, 7) is 15.6. The number of nitrogens with one attached hydrogen (secondary N) is 1. The molecule has 3 unspecified atom stereocenters. The summed E-state index contributed by atoms with van der Waals surface area (Å²) < 4.78 is 5.76. The Morgan fingerprint density at radius 2 is 1.76 bits per heavy atom. The number of hydrogen-bond acceptors (Lipinski definition) is 3. The fourth-order valence-corrected chi connectivity index (χ4v) is 2.41. The molecule has 1 aliphatic heterocycles. The largest absolute Gasteiger partial charge is 0.373 e. The maximum absolute atomic E-state index is 5.76. The van der Waals surface area contributed by atoms with E-state index in [1.54, 1.807) is 0 Å². The highest BCUT2D eigenvalue weighted by Gasteiger charge is 2.25. The summed E-state index contributed by atoms with van der Waals surface area (Å²) >= 11 is 0. The highest BCUT2D eigenvalue weighted by Crippen LogP contribution is 2.13. The Bertz CT molecular complexity index is 198. The van der Waals surface area contributed by atoms with Gasteiger partial charge in [0.15, 0.2) is 0 Å². The molecular formula is C14H30N2O. The standard InChI is InChI=1S/C14H30N2O/c1-11(2)6-7-15-8-12(3)16-9-13(4)17-14(5)10-16/h11-15H,6-10H2,1-5H3. The predicted octanol–water partition coefficient (Wildman–Crippen LogP) is 2.12. The number of ether oxygens (including phenoxy) is 1. The van der Waals surface area contributed by atoms with E-state index in [1.165, 1.54) is 6.42 Å². The van der Waals surface area contributed by atoms with Crippen LogP contribution in [-0.2, 0) is 4.74 Å². The van der Waals surface area contributed by atoms with E-state index in [-0.39, 0.29) is 0 Å². The molecule has 1 rings (SSSR count). The van der Waals surface area contributed by atoms with Gasteiger partial charge in [0.1, 0.15) is 0 Å². The molecule has 1 N–H and O–H groups in total. The zero-order valence-electron chi connectivity index (χ0n) is 12.2. The Morgan fingerprint density at radius 1 is 1.18 bits per heavy atom. The lowest BCUT2D eigenvalue weighted by Crippen LogP contribution is -2.51. The molecule has 1 aliphatic rings. The second kappa shape index (κ2) is 7.34. The summed E-state index contributed by atoms with van der Waals surface area (Å²) in [7, 11) is 0. The summed E-state index contributed by atoms with van der Waals surface area (Å²) in [6.07, 6.45) is 2.01. The van der Waals surface area contributed by atoms with Gasteiger partial charge in [-0.3, -0.25) is 4.90 Å². The Hall–Kier alpha value is -0.120. The molecule has 0 aromatic heterocycles. The van der Waals surface area contributed by atoms with Gasteiger partial charge in [-0.1, -0.05) is 13.8 Å². The van der Waals surface area contributed by atoms with Crippen molar-refractivity contribution in [1.82, 2.24) is 10.2 Å². The lowest BCUT2D eigenvalue weighted by Gasteiger charge is -2.39. The monoisotopic (exact) mass is 242 g/mol. The average Bonchev–Trinajstić information content (AvgIpc) is 2.22. The van der Waals surface area contributed by atoms with E-state index in [4.69, 9.17) is 4.74 Å². The molecule has 0 spiro atoms. The van der Waals surface area contributed by atoms with Crippen LogP contribution in [0.1, 0.15) is 41.0 Å². The topological polar surface area (TPSA) is 24.5 Å². The van der Waals surface area contributed by atoms with Crippen molar-refractivity contribution in [3.63, 3.8) is 0 Å². The molecule has 0 bridgehead atoms. The van der Waals surface area contributed by atoms with E-state index < -0.39 is 0 Å². The molecule has 0 amide bonds. The van der Waals surface area contributed by atoms with Gasteiger partial charge in [0.2, 0.25) is 0 Å². The van der Waals surface area contributed by atoms with Gasteiger partial charge in [0.25, 0.3) is 0 Å². The van der Waals surface area contributed by atoms with Gasteiger partial charge in [0.05, 0.1) is 12.2 Å². The van der Waals surface area contributed by atoms with Gasteiger partial charge < -0.3 is 10.1 Å². The van der Waals surface area contributed by atoms with E-state index in [1.807, 2.05) is 0 Å². The summed E-state index contributed by atoms with van der Waals surface area (Å²) in [4.78, 5) is 2.54. The van der Waals surface area contributed by atoms with Gasteiger partial charge in [0, 0.05) is 25.7 Å². The van der Waals surface area contributed by atoms with Gasteiger partial charge in [-0.05, 0) is 39.7 Å². The number of morpholine rings is 1. The molecular weight excluding hydrogens is 212 g/mol. The molecule has 0 aliphatic carbocycles. The van der Waals surface area contributed by atoms with E-state index >= 15 is 0 Å². The summed E-state index contributed by atoms with van der Waals surface area (Å²) in [5.74, 6) is 0.793. The van der Waals surface area contributed by atoms with Crippen LogP contribution in [0.15, 0.2) is 0 Å². The van der Waals surface area contributed by atoms with Crippen molar-refractivity contribution in [3.8, 4) is 0 Å². The minimum Gasteiger partial charge on any atom is -0.373 e. The molecule has 17 heavy (non-hydrogen) atoms. The zero-order valence-corrected chi connectivity index (χ0v) is 12.2. The fourth-order valence-electron chi connectivity index (χ4n) is 2.41. The van der Waals surface area contributed by atoms with Crippen LogP contribution in [0.4, 0.5) is 0 Å². The van der Waals surface area contributed by atoms with Crippen LogP contribution in [0.2, 0.25) is 0 Å². The quantitative estimate of drug-likeness (QED) is 0.722. The minimum atomic E-state index is 0.372. The molecule has 0 aromatic rings. The van der Waals surface area contributed by atoms with Crippen molar-refractivity contribution in [3.05, 3.63) is 0 Å². The van der Waals surface area contributed by atoms with Crippen molar-refractivity contribution >= 4 is 0 Å². The second-order valence-corrected chi connectivity index (χ2v) is 5.95. The third-order valence-corrected chi connectivity index (χ3v) is 3.41. The first-order chi connectivity index (χ1) is 7.99. The van der Waals surface area contributed by atoms with Gasteiger partial charge in [-0.15, -0.1) is 0 Å². The van der Waals surface area contributed by atoms with Crippen molar-refractivity contribution in [2.24, 2.45) is 5.92 Å². The molecule has 3 nitrogen and oxygen atoms in total. The highest BCUT2D eigenvalue weighted by molar-refractivity contribution is 4.78. The molecule has 1 fully saturated rings. The Kier molecular flexibility index (Phi) is 6.45. The number of rotatable bonds is 6. The maximum Gasteiger partial charge on any atom is 0.0678 e. The first kappa shape index (κ1) is 14.9. The van der Waals surface area contributed by atoms with E-state index in [0.717, 1.165) is 32.1 Å². The average molecular weight is 242 g/mol. The first-order valence-corrected chi connectivity index (χ1v) is 7.09. The molecule has 1 saturated heterocycles. The molecule has 102 valence electrons. The minimum absolute atomic E-state index is 0.372. The van der Waals surface area contributed by atoms with Crippen LogP contribution in [0.3, 0.4) is 0 Å². The molecule has 0 aromatic carbocycles. The molecule has 3 atom stereocenters. The lowest BCUT2D eigenvalue weighted by molar-refractivity contribution is -0.0780. The fraction of sp³-hybridized carbons (Fsp3) is 1.00. The highest BCUT2D eigenvalue weighted by atomic mass is 16.5. The summed E-state index contributed by atoms with van der Waals surface area (Å²) in [5.41, 5.74) is 0. The third kappa shape index (κ3) is 5.84. The Labute approximate surface area is 107 Å². The van der Waals surface area contributed by atoms with Crippen LogP contribution in [-0.4, -0.2) is 49.3 Å². The van der Waals surface area contributed by atoms with Crippen molar-refractivity contribution in [2.75, 3.05) is 26.2 Å². The zero-order chi connectivity index (χ0) is 12.8. The maximum atomic E-state index is 5.76. The normalized spacial score (nSPS) is 28.6. The lowest BCUT2D eigenvalue weighted by atomic mass is 10.1. The van der Waals surface area contributed by atoms with Gasteiger partial charge in [-0.25, -0.2) is 0 Å².